The van der Waals surface area contributed by atoms with Gasteiger partial charge in [-0.2, -0.15) is 0 Å². The number of ketones is 1. The molecular weight excluding hydrogens is 304 g/mol. The molecule has 0 aliphatic carbocycles. The van der Waals surface area contributed by atoms with Gasteiger partial charge in [-0.25, -0.2) is 0 Å². The number of ether oxygens (including phenoxy) is 2. The zero-order valence-electron chi connectivity index (χ0n) is 11.8. The van der Waals surface area contributed by atoms with E-state index in [-0.39, 0.29) is 5.78 Å². The Balaban J connectivity index is 2.11. The summed E-state index contributed by atoms with van der Waals surface area (Å²) in [6.07, 6.45) is -0.756. The third-order valence-electron chi connectivity index (χ3n) is 3.62. The maximum Gasteiger partial charge on any atom is 0.320 e. The minimum absolute atomic E-state index is 0.307. The van der Waals surface area contributed by atoms with Crippen LogP contribution in [0.2, 0.25) is 5.02 Å². The SMILES string of the molecule is COC(=O)C1C(=O)c2ccccc2OC1c1cccc(Cl)c1. The lowest BCUT2D eigenvalue weighted by Gasteiger charge is -2.31. The zero-order valence-corrected chi connectivity index (χ0v) is 12.5. The Hall–Kier alpha value is -2.33. The quantitative estimate of drug-likeness (QED) is 0.629. The predicted octanol–water partition coefficient (Wildman–Crippen LogP) is 3.45. The first-order chi connectivity index (χ1) is 10.6. The summed E-state index contributed by atoms with van der Waals surface area (Å²) in [4.78, 5) is 24.8. The fourth-order valence-corrected chi connectivity index (χ4v) is 2.78. The number of fused-ring (bicyclic) bond motifs is 1. The van der Waals surface area contributed by atoms with Crippen molar-refractivity contribution in [3.05, 3.63) is 64.7 Å². The first-order valence-corrected chi connectivity index (χ1v) is 7.13. The Morgan fingerprint density at radius 3 is 2.68 bits per heavy atom. The summed E-state index contributed by atoms with van der Waals surface area (Å²) >= 11 is 6.01. The normalized spacial score (nSPS) is 20.0. The van der Waals surface area contributed by atoms with Gasteiger partial charge in [0.05, 0.1) is 12.7 Å². The van der Waals surface area contributed by atoms with Crippen LogP contribution in [-0.2, 0) is 9.53 Å². The molecule has 0 radical (unpaired) electrons. The monoisotopic (exact) mass is 316 g/mol. The molecule has 2 atom stereocenters. The average molecular weight is 317 g/mol. The summed E-state index contributed by atoms with van der Waals surface area (Å²) in [6, 6.07) is 13.8. The summed E-state index contributed by atoms with van der Waals surface area (Å²) < 4.78 is 10.7. The Morgan fingerprint density at radius 2 is 1.95 bits per heavy atom. The van der Waals surface area contributed by atoms with Crippen molar-refractivity contribution in [3.63, 3.8) is 0 Å². The van der Waals surface area contributed by atoms with E-state index in [0.717, 1.165) is 0 Å². The van der Waals surface area contributed by atoms with E-state index in [9.17, 15) is 9.59 Å². The molecule has 22 heavy (non-hydrogen) atoms. The molecule has 112 valence electrons. The Kier molecular flexibility index (Phi) is 3.86. The minimum Gasteiger partial charge on any atom is -0.484 e. The van der Waals surface area contributed by atoms with E-state index >= 15 is 0 Å². The number of Topliss-reactive ketones (excluding diaryl/α,β-unsaturated/α-hetero) is 1. The number of hydrogen-bond donors (Lipinski definition) is 0. The third kappa shape index (κ3) is 2.46. The number of carbonyl (C=O) groups excluding carboxylic acids is 2. The van der Waals surface area contributed by atoms with Gasteiger partial charge in [-0.15, -0.1) is 0 Å². The molecule has 0 spiro atoms. The molecule has 5 heteroatoms. The first-order valence-electron chi connectivity index (χ1n) is 6.75. The third-order valence-corrected chi connectivity index (χ3v) is 3.86. The molecule has 2 aromatic rings. The average Bonchev–Trinajstić information content (AvgIpc) is 2.54. The highest BCUT2D eigenvalue weighted by Crippen LogP contribution is 2.39. The van der Waals surface area contributed by atoms with Gasteiger partial charge in [0.1, 0.15) is 11.9 Å². The molecule has 3 rings (SSSR count). The number of carbonyl (C=O) groups is 2. The molecule has 0 saturated heterocycles. The second kappa shape index (κ2) is 5.81. The van der Waals surface area contributed by atoms with Gasteiger partial charge in [0.25, 0.3) is 0 Å². The van der Waals surface area contributed by atoms with Crippen LogP contribution in [0.1, 0.15) is 22.0 Å². The fourth-order valence-electron chi connectivity index (χ4n) is 2.58. The number of halogens is 1. The van der Waals surface area contributed by atoms with Gasteiger partial charge in [-0.05, 0) is 29.8 Å². The van der Waals surface area contributed by atoms with Crippen molar-refractivity contribution in [3.8, 4) is 5.75 Å². The molecule has 1 aliphatic rings. The van der Waals surface area contributed by atoms with E-state index in [4.69, 9.17) is 21.1 Å². The van der Waals surface area contributed by atoms with Crippen LogP contribution in [0.4, 0.5) is 0 Å². The van der Waals surface area contributed by atoms with Crippen molar-refractivity contribution in [1.82, 2.24) is 0 Å². The van der Waals surface area contributed by atoms with Gasteiger partial charge >= 0.3 is 5.97 Å². The maximum absolute atomic E-state index is 12.7. The van der Waals surface area contributed by atoms with E-state index in [0.29, 0.717) is 21.9 Å². The number of hydrogen-bond acceptors (Lipinski definition) is 4. The van der Waals surface area contributed by atoms with Gasteiger partial charge in [0.2, 0.25) is 0 Å². The summed E-state index contributed by atoms with van der Waals surface area (Å²) in [6.45, 7) is 0. The maximum atomic E-state index is 12.7. The predicted molar refractivity (Wildman–Crippen MR) is 81.1 cm³/mol. The number of para-hydroxylation sites is 1. The first kappa shape index (κ1) is 14.6. The lowest BCUT2D eigenvalue weighted by atomic mass is 9.85. The molecule has 0 amide bonds. The van der Waals surface area contributed by atoms with Crippen molar-refractivity contribution < 1.29 is 19.1 Å². The van der Waals surface area contributed by atoms with Crippen molar-refractivity contribution in [1.29, 1.82) is 0 Å². The van der Waals surface area contributed by atoms with Crippen LogP contribution in [0.3, 0.4) is 0 Å². The molecule has 0 N–H and O–H groups in total. The van der Waals surface area contributed by atoms with Gasteiger partial charge in [-0.3, -0.25) is 9.59 Å². The molecule has 0 fully saturated rings. The highest BCUT2D eigenvalue weighted by molar-refractivity contribution is 6.30. The van der Waals surface area contributed by atoms with Crippen LogP contribution in [0.15, 0.2) is 48.5 Å². The molecular formula is C17H13ClO4. The Morgan fingerprint density at radius 1 is 1.18 bits per heavy atom. The summed E-state index contributed by atoms with van der Waals surface area (Å²) in [5.41, 5.74) is 1.04. The standard InChI is InChI=1S/C17H13ClO4/c1-21-17(20)14-15(19)12-7-2-3-8-13(12)22-16(14)10-5-4-6-11(18)9-10/h2-9,14,16H,1H3. The van der Waals surface area contributed by atoms with Crippen LogP contribution in [0, 0.1) is 5.92 Å². The zero-order chi connectivity index (χ0) is 15.7. The minimum atomic E-state index is -1.04. The Labute approximate surface area is 132 Å². The summed E-state index contributed by atoms with van der Waals surface area (Å²) in [5.74, 6) is -1.51. The molecule has 1 heterocycles. The molecule has 2 aromatic carbocycles. The molecule has 4 nitrogen and oxygen atoms in total. The van der Waals surface area contributed by atoms with Crippen molar-refractivity contribution in [2.75, 3.05) is 7.11 Å². The molecule has 0 bridgehead atoms. The molecule has 2 unspecified atom stereocenters. The summed E-state index contributed by atoms with van der Waals surface area (Å²) in [7, 11) is 1.26. The van der Waals surface area contributed by atoms with Crippen LogP contribution < -0.4 is 4.74 Å². The van der Waals surface area contributed by atoms with Gasteiger partial charge < -0.3 is 9.47 Å². The lowest BCUT2D eigenvalue weighted by Crippen LogP contribution is -2.37. The van der Waals surface area contributed by atoms with E-state index in [1.807, 2.05) is 0 Å². The van der Waals surface area contributed by atoms with Crippen LogP contribution in [-0.4, -0.2) is 18.9 Å². The van der Waals surface area contributed by atoms with Gasteiger partial charge in [0, 0.05) is 5.02 Å². The second-order valence-corrected chi connectivity index (χ2v) is 5.39. The van der Waals surface area contributed by atoms with Gasteiger partial charge in [0.15, 0.2) is 11.7 Å². The van der Waals surface area contributed by atoms with Crippen LogP contribution in [0.25, 0.3) is 0 Å². The highest BCUT2D eigenvalue weighted by atomic mass is 35.5. The second-order valence-electron chi connectivity index (χ2n) is 4.95. The van der Waals surface area contributed by atoms with E-state index in [1.165, 1.54) is 7.11 Å². The molecule has 0 saturated carbocycles. The van der Waals surface area contributed by atoms with E-state index < -0.39 is 18.0 Å². The van der Waals surface area contributed by atoms with Crippen LogP contribution in [0.5, 0.6) is 5.75 Å². The highest BCUT2D eigenvalue weighted by Gasteiger charge is 2.43. The molecule has 0 aromatic heterocycles. The van der Waals surface area contributed by atoms with Crippen LogP contribution >= 0.6 is 11.6 Å². The number of esters is 1. The smallest absolute Gasteiger partial charge is 0.320 e. The Bertz CT molecular complexity index is 741. The van der Waals surface area contributed by atoms with Crippen molar-refractivity contribution in [2.24, 2.45) is 5.92 Å². The fraction of sp³-hybridized carbons (Fsp3) is 0.176. The van der Waals surface area contributed by atoms with Crippen molar-refractivity contribution in [2.45, 2.75) is 6.10 Å². The van der Waals surface area contributed by atoms with Gasteiger partial charge in [-0.1, -0.05) is 35.9 Å². The topological polar surface area (TPSA) is 52.6 Å². The number of methoxy groups -OCH3 is 1. The van der Waals surface area contributed by atoms with Crippen molar-refractivity contribution >= 4 is 23.4 Å². The van der Waals surface area contributed by atoms with E-state index in [2.05, 4.69) is 0 Å². The lowest BCUT2D eigenvalue weighted by molar-refractivity contribution is -0.146. The largest absolute Gasteiger partial charge is 0.484 e. The number of rotatable bonds is 2. The molecule has 1 aliphatic heterocycles. The van der Waals surface area contributed by atoms with E-state index in [1.54, 1.807) is 48.5 Å². The summed E-state index contributed by atoms with van der Waals surface area (Å²) in [5, 5.41) is 0.510. The number of benzene rings is 2.